The molecule has 3 aromatic heterocycles. The SMILES string of the molecule is CC(C)c1cnc(N2C[C@H](O)[C@H]2C)c2cnc(Nc3ccnc(N4CC[C@@H](O)C5(CC5)C4)n3)cc12. The summed E-state index contributed by atoms with van der Waals surface area (Å²) in [4.78, 5) is 23.0. The van der Waals surface area contributed by atoms with Gasteiger partial charge in [-0.3, -0.25) is 0 Å². The summed E-state index contributed by atoms with van der Waals surface area (Å²) in [6, 6.07) is 3.96. The van der Waals surface area contributed by atoms with E-state index in [1.165, 1.54) is 0 Å². The van der Waals surface area contributed by atoms with Gasteiger partial charge in [0.25, 0.3) is 0 Å². The predicted octanol–water partition coefficient (Wildman–Crippen LogP) is 3.21. The lowest BCUT2D eigenvalue weighted by molar-refractivity contribution is 0.0731. The van der Waals surface area contributed by atoms with Crippen molar-refractivity contribution in [3.63, 3.8) is 0 Å². The molecule has 35 heavy (non-hydrogen) atoms. The highest BCUT2D eigenvalue weighted by atomic mass is 16.3. The van der Waals surface area contributed by atoms with Crippen LogP contribution in [0.25, 0.3) is 10.8 Å². The van der Waals surface area contributed by atoms with Crippen LogP contribution in [0.2, 0.25) is 0 Å². The molecule has 0 bridgehead atoms. The van der Waals surface area contributed by atoms with E-state index in [1.807, 2.05) is 25.4 Å². The van der Waals surface area contributed by atoms with Crippen molar-refractivity contribution in [2.24, 2.45) is 5.41 Å². The molecule has 1 spiro atoms. The minimum Gasteiger partial charge on any atom is -0.392 e. The summed E-state index contributed by atoms with van der Waals surface area (Å²) < 4.78 is 0. The Balaban J connectivity index is 1.29. The molecule has 9 heteroatoms. The number of β-amino-alcohol motifs (C(OH)–C–C–N with tert-alkyl or cyclic N) is 1. The number of piperidine rings is 1. The van der Waals surface area contributed by atoms with E-state index in [1.54, 1.807) is 6.20 Å². The van der Waals surface area contributed by atoms with Crippen molar-refractivity contribution in [1.82, 2.24) is 19.9 Å². The van der Waals surface area contributed by atoms with Crippen molar-refractivity contribution >= 4 is 34.2 Å². The number of pyridine rings is 2. The van der Waals surface area contributed by atoms with Gasteiger partial charge in [0.15, 0.2) is 0 Å². The van der Waals surface area contributed by atoms with Crippen molar-refractivity contribution in [3.05, 3.63) is 36.3 Å². The van der Waals surface area contributed by atoms with Crippen molar-refractivity contribution in [3.8, 4) is 0 Å². The maximum Gasteiger partial charge on any atom is 0.227 e. The van der Waals surface area contributed by atoms with E-state index < -0.39 is 0 Å². The van der Waals surface area contributed by atoms with E-state index in [-0.39, 0.29) is 23.7 Å². The van der Waals surface area contributed by atoms with Crippen LogP contribution in [0.5, 0.6) is 0 Å². The van der Waals surface area contributed by atoms with Gasteiger partial charge in [0, 0.05) is 49.0 Å². The lowest BCUT2D eigenvalue weighted by atomic mass is 9.92. The minimum absolute atomic E-state index is 0.0357. The molecule has 3 atom stereocenters. The molecule has 3 aromatic rings. The lowest BCUT2D eigenvalue weighted by Crippen LogP contribution is -2.59. The van der Waals surface area contributed by atoms with Gasteiger partial charge in [-0.1, -0.05) is 13.8 Å². The second kappa shape index (κ2) is 8.27. The molecular weight excluding hydrogens is 442 g/mol. The van der Waals surface area contributed by atoms with Gasteiger partial charge in [0.2, 0.25) is 5.95 Å². The zero-order chi connectivity index (χ0) is 24.3. The second-order valence-electron chi connectivity index (χ2n) is 10.7. The zero-order valence-electron chi connectivity index (χ0n) is 20.5. The van der Waals surface area contributed by atoms with Crippen molar-refractivity contribution < 1.29 is 10.2 Å². The predicted molar refractivity (Wildman–Crippen MR) is 136 cm³/mol. The van der Waals surface area contributed by atoms with Gasteiger partial charge >= 0.3 is 0 Å². The Kier molecular flexibility index (Phi) is 5.30. The molecule has 3 fully saturated rings. The molecule has 1 aliphatic carbocycles. The molecule has 0 amide bonds. The third-order valence-electron chi connectivity index (χ3n) is 8.07. The highest BCUT2D eigenvalue weighted by Crippen LogP contribution is 2.52. The third kappa shape index (κ3) is 3.87. The molecular formula is C26H33N7O2. The highest BCUT2D eigenvalue weighted by molar-refractivity contribution is 5.96. The Morgan fingerprint density at radius 2 is 1.91 bits per heavy atom. The molecule has 3 aliphatic rings. The maximum absolute atomic E-state index is 10.4. The number of anilines is 4. The summed E-state index contributed by atoms with van der Waals surface area (Å²) >= 11 is 0. The van der Waals surface area contributed by atoms with Crippen LogP contribution in [0.4, 0.5) is 23.4 Å². The van der Waals surface area contributed by atoms with Crippen LogP contribution in [0.1, 0.15) is 51.5 Å². The van der Waals surface area contributed by atoms with Gasteiger partial charge < -0.3 is 25.3 Å². The molecule has 0 radical (unpaired) electrons. The Bertz CT molecular complexity index is 1260. The average Bonchev–Trinajstić information content (AvgIpc) is 3.63. The molecule has 1 saturated carbocycles. The molecule has 0 aromatic carbocycles. The first-order valence-corrected chi connectivity index (χ1v) is 12.6. The molecule has 6 rings (SSSR count). The summed E-state index contributed by atoms with van der Waals surface area (Å²) in [5.74, 6) is 3.27. The summed E-state index contributed by atoms with van der Waals surface area (Å²) in [5.41, 5.74) is 1.20. The smallest absolute Gasteiger partial charge is 0.227 e. The Morgan fingerprint density at radius 3 is 2.63 bits per heavy atom. The van der Waals surface area contributed by atoms with E-state index >= 15 is 0 Å². The number of aliphatic hydroxyl groups excluding tert-OH is 2. The number of hydrogen-bond acceptors (Lipinski definition) is 9. The first-order chi connectivity index (χ1) is 16.8. The number of hydrogen-bond donors (Lipinski definition) is 3. The zero-order valence-corrected chi connectivity index (χ0v) is 20.5. The average molecular weight is 476 g/mol. The van der Waals surface area contributed by atoms with Crippen LogP contribution in [-0.2, 0) is 0 Å². The Hall–Kier alpha value is -3.04. The van der Waals surface area contributed by atoms with Gasteiger partial charge in [-0.2, -0.15) is 4.98 Å². The number of fused-ring (bicyclic) bond motifs is 1. The number of aliphatic hydroxyl groups is 2. The van der Waals surface area contributed by atoms with E-state index in [0.717, 1.165) is 54.5 Å². The van der Waals surface area contributed by atoms with Crippen molar-refractivity contribution in [1.29, 1.82) is 0 Å². The van der Waals surface area contributed by atoms with E-state index in [9.17, 15) is 10.2 Å². The van der Waals surface area contributed by atoms with E-state index in [4.69, 9.17) is 9.97 Å². The van der Waals surface area contributed by atoms with Gasteiger partial charge in [-0.05, 0) is 55.2 Å². The number of nitrogens with one attached hydrogen (secondary N) is 1. The fourth-order valence-electron chi connectivity index (χ4n) is 5.44. The molecule has 9 nitrogen and oxygen atoms in total. The van der Waals surface area contributed by atoms with Crippen LogP contribution < -0.4 is 15.1 Å². The lowest BCUT2D eigenvalue weighted by Gasteiger charge is -2.44. The maximum atomic E-state index is 10.4. The third-order valence-corrected chi connectivity index (χ3v) is 8.07. The number of rotatable bonds is 5. The van der Waals surface area contributed by atoms with Gasteiger partial charge in [0.1, 0.15) is 17.5 Å². The topological polar surface area (TPSA) is 111 Å². The van der Waals surface area contributed by atoms with Crippen LogP contribution >= 0.6 is 0 Å². The number of nitrogens with zero attached hydrogens (tertiary/aromatic N) is 6. The summed E-state index contributed by atoms with van der Waals surface area (Å²) in [5, 5.41) is 25.8. The monoisotopic (exact) mass is 475 g/mol. The van der Waals surface area contributed by atoms with Gasteiger partial charge in [0.05, 0.1) is 18.2 Å². The van der Waals surface area contributed by atoms with E-state index in [2.05, 4.69) is 45.0 Å². The quantitative estimate of drug-likeness (QED) is 0.512. The molecule has 2 aliphatic heterocycles. The highest BCUT2D eigenvalue weighted by Gasteiger charge is 2.52. The molecule has 2 saturated heterocycles. The van der Waals surface area contributed by atoms with E-state index in [0.29, 0.717) is 30.0 Å². The second-order valence-corrected chi connectivity index (χ2v) is 10.7. The summed E-state index contributed by atoms with van der Waals surface area (Å²) in [6.07, 6.45) is 7.97. The summed E-state index contributed by atoms with van der Waals surface area (Å²) in [7, 11) is 0. The van der Waals surface area contributed by atoms with Gasteiger partial charge in [-0.25, -0.2) is 15.0 Å². The van der Waals surface area contributed by atoms with Crippen LogP contribution in [0.15, 0.2) is 30.7 Å². The van der Waals surface area contributed by atoms with Gasteiger partial charge in [-0.15, -0.1) is 0 Å². The molecule has 184 valence electrons. The van der Waals surface area contributed by atoms with Crippen molar-refractivity contribution in [2.75, 3.05) is 34.8 Å². The molecule has 0 unspecified atom stereocenters. The van der Waals surface area contributed by atoms with Crippen LogP contribution in [0, 0.1) is 5.41 Å². The molecule has 5 heterocycles. The standard InChI is InChI=1S/C26H33N7O2/c1-15(2)18-11-29-24(33-13-20(34)16(33)3)19-12-28-23(10-17(18)19)30-22-4-8-27-25(31-22)32-9-5-21(35)26(14-32)6-7-26/h4,8,10-12,15-16,20-21,34-35H,5-7,9,13-14H2,1-3H3,(H,27,28,30,31)/t16-,20+,21-/m1/s1. The molecule has 3 N–H and O–H groups in total. The minimum atomic E-state index is -0.324. The van der Waals surface area contributed by atoms with Crippen LogP contribution in [-0.4, -0.2) is 68.0 Å². The fourth-order valence-corrected chi connectivity index (χ4v) is 5.44. The van der Waals surface area contributed by atoms with Crippen LogP contribution in [0.3, 0.4) is 0 Å². The number of aromatic nitrogens is 4. The largest absolute Gasteiger partial charge is 0.392 e. The first-order valence-electron chi connectivity index (χ1n) is 12.6. The van der Waals surface area contributed by atoms with Crippen molar-refractivity contribution in [2.45, 2.75) is 64.2 Å². The Morgan fingerprint density at radius 1 is 1.09 bits per heavy atom. The normalized spacial score (nSPS) is 25.3. The Labute approximate surface area is 205 Å². The fraction of sp³-hybridized carbons (Fsp3) is 0.538. The summed E-state index contributed by atoms with van der Waals surface area (Å²) in [6.45, 7) is 8.50. The first kappa shape index (κ1) is 22.4.